The summed E-state index contributed by atoms with van der Waals surface area (Å²) in [6.45, 7) is 3.56. The predicted octanol–water partition coefficient (Wildman–Crippen LogP) is 2.36. The summed E-state index contributed by atoms with van der Waals surface area (Å²) in [7, 11) is 0. The SMILES string of the molecule is Cc1ccc(NC(=O)[C@H](C)N)c(Cl)c1.Cl. The highest BCUT2D eigenvalue weighted by Crippen LogP contribution is 2.22. The van der Waals surface area contributed by atoms with E-state index in [1.807, 2.05) is 13.0 Å². The predicted molar refractivity (Wildman–Crippen MR) is 65.7 cm³/mol. The van der Waals surface area contributed by atoms with Gasteiger partial charge in [0.15, 0.2) is 0 Å². The summed E-state index contributed by atoms with van der Waals surface area (Å²) in [5.74, 6) is -0.240. The van der Waals surface area contributed by atoms with E-state index in [4.69, 9.17) is 17.3 Å². The quantitative estimate of drug-likeness (QED) is 0.845. The molecule has 1 rings (SSSR count). The Hall–Kier alpha value is -0.770. The molecule has 0 heterocycles. The Morgan fingerprint density at radius 2 is 2.13 bits per heavy atom. The van der Waals surface area contributed by atoms with Gasteiger partial charge in [-0.15, -0.1) is 12.4 Å². The maximum Gasteiger partial charge on any atom is 0.241 e. The molecule has 1 atom stereocenters. The van der Waals surface area contributed by atoms with Crippen LogP contribution in [0.5, 0.6) is 0 Å². The van der Waals surface area contributed by atoms with E-state index in [1.165, 1.54) is 0 Å². The molecule has 0 spiro atoms. The normalized spacial score (nSPS) is 11.5. The Balaban J connectivity index is 0.00000196. The second kappa shape index (κ2) is 5.95. The average molecular weight is 249 g/mol. The Bertz CT molecular complexity index is 353. The second-order valence-corrected chi connectivity index (χ2v) is 3.67. The van der Waals surface area contributed by atoms with Crippen molar-refractivity contribution >= 4 is 35.6 Å². The van der Waals surface area contributed by atoms with Crippen LogP contribution in [0, 0.1) is 6.92 Å². The first-order valence-electron chi connectivity index (χ1n) is 4.33. The largest absolute Gasteiger partial charge is 0.323 e. The van der Waals surface area contributed by atoms with Crippen molar-refractivity contribution < 1.29 is 4.79 Å². The van der Waals surface area contributed by atoms with Gasteiger partial charge >= 0.3 is 0 Å². The molecule has 0 unspecified atom stereocenters. The first kappa shape index (κ1) is 14.2. The summed E-state index contributed by atoms with van der Waals surface area (Å²) < 4.78 is 0. The number of amides is 1. The minimum atomic E-state index is -0.535. The van der Waals surface area contributed by atoms with E-state index in [0.717, 1.165) is 5.56 Å². The van der Waals surface area contributed by atoms with Crippen molar-refractivity contribution in [1.82, 2.24) is 0 Å². The number of nitrogens with two attached hydrogens (primary N) is 1. The van der Waals surface area contributed by atoms with Crippen molar-refractivity contribution in [3.63, 3.8) is 0 Å². The van der Waals surface area contributed by atoms with Crippen LogP contribution in [-0.2, 0) is 4.79 Å². The molecule has 0 aromatic heterocycles. The number of hydrogen-bond donors (Lipinski definition) is 2. The van der Waals surface area contributed by atoms with Crippen LogP contribution in [0.2, 0.25) is 5.02 Å². The maximum atomic E-state index is 11.3. The number of rotatable bonds is 2. The van der Waals surface area contributed by atoms with Crippen LogP contribution < -0.4 is 11.1 Å². The number of carbonyl (C=O) groups is 1. The molecule has 3 nitrogen and oxygen atoms in total. The third-order valence-electron chi connectivity index (χ3n) is 1.80. The zero-order valence-corrected chi connectivity index (χ0v) is 10.2. The molecule has 84 valence electrons. The molecule has 0 aliphatic carbocycles. The lowest BCUT2D eigenvalue weighted by Gasteiger charge is -2.09. The van der Waals surface area contributed by atoms with Crippen molar-refractivity contribution in [3.05, 3.63) is 28.8 Å². The summed E-state index contributed by atoms with van der Waals surface area (Å²) in [5, 5.41) is 3.17. The number of aryl methyl sites for hydroxylation is 1. The van der Waals surface area contributed by atoms with Gasteiger partial charge in [0, 0.05) is 0 Å². The lowest BCUT2D eigenvalue weighted by atomic mass is 10.2. The number of hydrogen-bond acceptors (Lipinski definition) is 2. The third kappa shape index (κ3) is 4.08. The van der Waals surface area contributed by atoms with Gasteiger partial charge in [-0.25, -0.2) is 0 Å². The molecule has 1 aromatic rings. The van der Waals surface area contributed by atoms with Crippen LogP contribution in [-0.4, -0.2) is 11.9 Å². The fourth-order valence-corrected chi connectivity index (χ4v) is 1.25. The summed E-state index contributed by atoms with van der Waals surface area (Å²) in [6.07, 6.45) is 0. The molecule has 0 radical (unpaired) electrons. The third-order valence-corrected chi connectivity index (χ3v) is 2.11. The lowest BCUT2D eigenvalue weighted by Crippen LogP contribution is -2.32. The Morgan fingerprint density at radius 3 is 2.60 bits per heavy atom. The van der Waals surface area contributed by atoms with E-state index < -0.39 is 6.04 Å². The minimum Gasteiger partial charge on any atom is -0.323 e. The molecule has 0 saturated heterocycles. The molecule has 1 aromatic carbocycles. The number of carbonyl (C=O) groups excluding carboxylic acids is 1. The zero-order chi connectivity index (χ0) is 10.7. The van der Waals surface area contributed by atoms with Gasteiger partial charge in [0.25, 0.3) is 0 Å². The van der Waals surface area contributed by atoms with Crippen molar-refractivity contribution in [2.75, 3.05) is 5.32 Å². The standard InChI is InChI=1S/C10H13ClN2O.ClH/c1-6-3-4-9(8(11)5-6)13-10(14)7(2)12;/h3-5,7H,12H2,1-2H3,(H,13,14);1H/t7-;/m0./s1. The van der Waals surface area contributed by atoms with Gasteiger partial charge in [-0.1, -0.05) is 17.7 Å². The molecule has 5 heteroatoms. The van der Waals surface area contributed by atoms with Crippen LogP contribution in [0.15, 0.2) is 18.2 Å². The molecule has 0 aliphatic heterocycles. The highest BCUT2D eigenvalue weighted by atomic mass is 35.5. The number of halogens is 2. The van der Waals surface area contributed by atoms with Crippen LogP contribution in [0.4, 0.5) is 5.69 Å². The van der Waals surface area contributed by atoms with E-state index in [9.17, 15) is 4.79 Å². The van der Waals surface area contributed by atoms with Crippen molar-refractivity contribution in [2.24, 2.45) is 5.73 Å². The molecule has 0 aliphatic rings. The summed E-state index contributed by atoms with van der Waals surface area (Å²) in [4.78, 5) is 11.3. The van der Waals surface area contributed by atoms with E-state index in [0.29, 0.717) is 10.7 Å². The first-order chi connectivity index (χ1) is 6.50. The number of nitrogens with one attached hydrogen (secondary N) is 1. The van der Waals surface area contributed by atoms with Crippen molar-refractivity contribution in [3.8, 4) is 0 Å². The van der Waals surface area contributed by atoms with Crippen molar-refractivity contribution in [1.29, 1.82) is 0 Å². The lowest BCUT2D eigenvalue weighted by molar-refractivity contribution is -0.117. The summed E-state index contributed by atoms with van der Waals surface area (Å²) in [6, 6.07) is 4.89. The van der Waals surface area contributed by atoms with Gasteiger partial charge in [0.2, 0.25) is 5.91 Å². The minimum absolute atomic E-state index is 0. The highest BCUT2D eigenvalue weighted by Gasteiger charge is 2.09. The van der Waals surface area contributed by atoms with E-state index >= 15 is 0 Å². The van der Waals surface area contributed by atoms with Crippen LogP contribution >= 0.6 is 24.0 Å². The molecular formula is C10H14Cl2N2O. The van der Waals surface area contributed by atoms with Crippen LogP contribution in [0.25, 0.3) is 0 Å². The molecule has 15 heavy (non-hydrogen) atoms. The second-order valence-electron chi connectivity index (χ2n) is 3.26. The fourth-order valence-electron chi connectivity index (χ4n) is 0.968. The summed E-state index contributed by atoms with van der Waals surface area (Å²) >= 11 is 5.92. The zero-order valence-electron chi connectivity index (χ0n) is 8.58. The van der Waals surface area contributed by atoms with Gasteiger partial charge in [0.1, 0.15) is 0 Å². The number of benzene rings is 1. The van der Waals surface area contributed by atoms with E-state index in [2.05, 4.69) is 5.32 Å². The topological polar surface area (TPSA) is 55.1 Å². The van der Waals surface area contributed by atoms with Gasteiger partial charge in [0.05, 0.1) is 16.8 Å². The number of anilines is 1. The molecule has 3 N–H and O–H groups in total. The Kier molecular flexibility index (Phi) is 5.65. The van der Waals surface area contributed by atoms with E-state index in [-0.39, 0.29) is 18.3 Å². The fraction of sp³-hybridized carbons (Fsp3) is 0.300. The van der Waals surface area contributed by atoms with Crippen LogP contribution in [0.3, 0.4) is 0 Å². The monoisotopic (exact) mass is 248 g/mol. The highest BCUT2D eigenvalue weighted by molar-refractivity contribution is 6.33. The molecule has 0 fully saturated rings. The van der Waals surface area contributed by atoms with Gasteiger partial charge < -0.3 is 11.1 Å². The van der Waals surface area contributed by atoms with Gasteiger partial charge in [-0.2, -0.15) is 0 Å². The Labute approximate surface area is 100 Å². The van der Waals surface area contributed by atoms with Gasteiger partial charge in [-0.05, 0) is 31.5 Å². The Morgan fingerprint density at radius 1 is 1.53 bits per heavy atom. The molecule has 0 bridgehead atoms. The van der Waals surface area contributed by atoms with Crippen molar-refractivity contribution in [2.45, 2.75) is 19.9 Å². The molecule has 0 saturated carbocycles. The first-order valence-corrected chi connectivity index (χ1v) is 4.71. The summed E-state index contributed by atoms with van der Waals surface area (Å²) in [5.41, 5.74) is 7.06. The van der Waals surface area contributed by atoms with Gasteiger partial charge in [-0.3, -0.25) is 4.79 Å². The molecular weight excluding hydrogens is 235 g/mol. The smallest absolute Gasteiger partial charge is 0.241 e. The van der Waals surface area contributed by atoms with E-state index in [1.54, 1.807) is 19.1 Å². The maximum absolute atomic E-state index is 11.3. The molecule has 1 amide bonds. The van der Waals surface area contributed by atoms with Crippen LogP contribution in [0.1, 0.15) is 12.5 Å². The average Bonchev–Trinajstić information content (AvgIpc) is 2.09.